The fraction of sp³-hybridized carbons (Fsp3) is 0.333. The van der Waals surface area contributed by atoms with E-state index in [-0.39, 0.29) is 0 Å². The quantitative estimate of drug-likeness (QED) is 0.591. The molecule has 0 atom stereocenters. The van der Waals surface area contributed by atoms with E-state index >= 15 is 0 Å². The molecule has 14 heavy (non-hydrogen) atoms. The molecule has 74 valence electrons. The predicted octanol–water partition coefficient (Wildman–Crippen LogP) is 3.47. The van der Waals surface area contributed by atoms with Crippen molar-refractivity contribution >= 4 is 17.3 Å². The van der Waals surface area contributed by atoms with Gasteiger partial charge in [0.1, 0.15) is 0 Å². The molecule has 0 aromatic heterocycles. The minimum atomic E-state index is 0.764. The molecule has 0 spiro atoms. The highest BCUT2D eigenvalue weighted by Crippen LogP contribution is 2.22. The summed E-state index contributed by atoms with van der Waals surface area (Å²) < 4.78 is 0. The molecule has 1 aromatic rings. The average molecular weight is 208 g/mol. The molecule has 0 radical (unpaired) electrons. The van der Waals surface area contributed by atoms with E-state index in [2.05, 4.69) is 17.2 Å². The van der Waals surface area contributed by atoms with Gasteiger partial charge in [0.25, 0.3) is 0 Å². The van der Waals surface area contributed by atoms with Gasteiger partial charge in [-0.2, -0.15) is 0 Å². The Bertz CT molecular complexity index is 360. The highest BCUT2D eigenvalue weighted by atomic mass is 35.5. The van der Waals surface area contributed by atoms with Crippen molar-refractivity contribution in [1.82, 2.24) is 0 Å². The van der Waals surface area contributed by atoms with Gasteiger partial charge in [0.05, 0.1) is 10.7 Å². The van der Waals surface area contributed by atoms with Crippen LogP contribution in [0.15, 0.2) is 18.2 Å². The predicted molar refractivity (Wildman–Crippen MR) is 62.7 cm³/mol. The van der Waals surface area contributed by atoms with Crippen LogP contribution in [-0.2, 0) is 0 Å². The van der Waals surface area contributed by atoms with Gasteiger partial charge in [-0.15, -0.1) is 11.8 Å². The molecule has 0 aliphatic heterocycles. The second-order valence-electron chi connectivity index (χ2n) is 3.09. The molecule has 0 aliphatic carbocycles. The van der Waals surface area contributed by atoms with Crippen LogP contribution in [0.2, 0.25) is 5.02 Å². The van der Waals surface area contributed by atoms with Crippen LogP contribution in [0.4, 0.5) is 5.69 Å². The molecule has 0 unspecified atom stereocenters. The number of anilines is 1. The van der Waals surface area contributed by atoms with Gasteiger partial charge >= 0.3 is 0 Å². The standard InChI is InChI=1S/C12H14ClN/c1-3-4-5-8-14-12-9-10(2)6-7-11(12)13/h6-7,9,14H,5,8H2,1-2H3. The lowest BCUT2D eigenvalue weighted by molar-refractivity contribution is 1.09. The molecule has 1 aromatic carbocycles. The summed E-state index contributed by atoms with van der Waals surface area (Å²) in [5, 5.41) is 4.02. The molecule has 0 saturated carbocycles. The van der Waals surface area contributed by atoms with Gasteiger partial charge in [0.15, 0.2) is 0 Å². The summed E-state index contributed by atoms with van der Waals surface area (Å²) in [5.41, 5.74) is 2.20. The maximum absolute atomic E-state index is 6.01. The summed E-state index contributed by atoms with van der Waals surface area (Å²) in [6.07, 6.45) is 0.848. The first-order chi connectivity index (χ1) is 6.74. The Morgan fingerprint density at radius 1 is 1.43 bits per heavy atom. The normalized spacial score (nSPS) is 9.07. The summed E-state index contributed by atoms with van der Waals surface area (Å²) in [4.78, 5) is 0. The zero-order chi connectivity index (χ0) is 10.4. The van der Waals surface area contributed by atoms with Crippen LogP contribution in [-0.4, -0.2) is 6.54 Å². The third-order valence-electron chi connectivity index (χ3n) is 1.86. The smallest absolute Gasteiger partial charge is 0.0637 e. The average Bonchev–Trinajstić information content (AvgIpc) is 2.18. The van der Waals surface area contributed by atoms with E-state index in [0.29, 0.717) is 0 Å². The van der Waals surface area contributed by atoms with Crippen LogP contribution >= 0.6 is 11.6 Å². The summed E-state index contributed by atoms with van der Waals surface area (Å²) in [5.74, 6) is 5.85. The van der Waals surface area contributed by atoms with Gasteiger partial charge in [0.2, 0.25) is 0 Å². The lowest BCUT2D eigenvalue weighted by Gasteiger charge is -2.07. The summed E-state index contributed by atoms with van der Waals surface area (Å²) >= 11 is 6.01. The lowest BCUT2D eigenvalue weighted by atomic mass is 10.2. The van der Waals surface area contributed by atoms with Gasteiger partial charge in [0, 0.05) is 13.0 Å². The van der Waals surface area contributed by atoms with Crippen molar-refractivity contribution in [1.29, 1.82) is 0 Å². The Balaban J connectivity index is 2.56. The zero-order valence-electron chi connectivity index (χ0n) is 8.52. The molecule has 0 aliphatic rings. The molecular formula is C12H14ClN. The van der Waals surface area contributed by atoms with E-state index in [9.17, 15) is 0 Å². The van der Waals surface area contributed by atoms with Crippen LogP contribution in [0.5, 0.6) is 0 Å². The maximum Gasteiger partial charge on any atom is 0.0637 e. The molecule has 0 bridgehead atoms. The lowest BCUT2D eigenvalue weighted by Crippen LogP contribution is -2.00. The van der Waals surface area contributed by atoms with Gasteiger partial charge < -0.3 is 5.32 Å². The van der Waals surface area contributed by atoms with E-state index < -0.39 is 0 Å². The maximum atomic E-state index is 6.01. The fourth-order valence-electron chi connectivity index (χ4n) is 1.16. The zero-order valence-corrected chi connectivity index (χ0v) is 9.28. The van der Waals surface area contributed by atoms with Crippen LogP contribution in [0.25, 0.3) is 0 Å². The fourth-order valence-corrected chi connectivity index (χ4v) is 1.34. The summed E-state index contributed by atoms with van der Waals surface area (Å²) in [7, 11) is 0. The first kappa shape index (κ1) is 10.9. The van der Waals surface area contributed by atoms with Crippen molar-refractivity contribution in [2.45, 2.75) is 20.3 Å². The Labute approximate surface area is 90.5 Å². The number of aryl methyl sites for hydroxylation is 1. The van der Waals surface area contributed by atoms with E-state index in [4.69, 9.17) is 11.6 Å². The Morgan fingerprint density at radius 3 is 2.93 bits per heavy atom. The molecular weight excluding hydrogens is 194 g/mol. The van der Waals surface area contributed by atoms with E-state index in [1.807, 2.05) is 32.0 Å². The number of rotatable bonds is 3. The van der Waals surface area contributed by atoms with Crippen molar-refractivity contribution in [3.8, 4) is 11.8 Å². The third-order valence-corrected chi connectivity index (χ3v) is 2.19. The third kappa shape index (κ3) is 3.32. The highest BCUT2D eigenvalue weighted by Gasteiger charge is 1.98. The highest BCUT2D eigenvalue weighted by molar-refractivity contribution is 6.33. The van der Waals surface area contributed by atoms with Crippen LogP contribution in [0.1, 0.15) is 18.9 Å². The Hall–Kier alpha value is -1.13. The number of halogens is 1. The molecule has 1 N–H and O–H groups in total. The molecule has 0 amide bonds. The second-order valence-corrected chi connectivity index (χ2v) is 3.49. The summed E-state index contributed by atoms with van der Waals surface area (Å²) in [6.45, 7) is 4.73. The van der Waals surface area contributed by atoms with Crippen molar-refractivity contribution in [2.75, 3.05) is 11.9 Å². The minimum absolute atomic E-state index is 0.764. The molecule has 0 fully saturated rings. The van der Waals surface area contributed by atoms with Crippen molar-refractivity contribution in [3.05, 3.63) is 28.8 Å². The molecule has 0 heterocycles. The molecule has 2 heteroatoms. The van der Waals surface area contributed by atoms with E-state index in [0.717, 1.165) is 23.7 Å². The van der Waals surface area contributed by atoms with Gasteiger partial charge in [-0.1, -0.05) is 17.7 Å². The molecule has 1 nitrogen and oxygen atoms in total. The van der Waals surface area contributed by atoms with E-state index in [1.165, 1.54) is 5.56 Å². The first-order valence-corrected chi connectivity index (χ1v) is 5.01. The SMILES string of the molecule is CC#CCCNc1cc(C)ccc1Cl. The number of benzene rings is 1. The Morgan fingerprint density at radius 2 is 2.21 bits per heavy atom. The number of hydrogen-bond acceptors (Lipinski definition) is 1. The minimum Gasteiger partial charge on any atom is -0.383 e. The van der Waals surface area contributed by atoms with Crippen LogP contribution < -0.4 is 5.32 Å². The monoisotopic (exact) mass is 207 g/mol. The van der Waals surface area contributed by atoms with Crippen molar-refractivity contribution < 1.29 is 0 Å². The van der Waals surface area contributed by atoms with Crippen LogP contribution in [0.3, 0.4) is 0 Å². The molecule has 0 saturated heterocycles. The van der Waals surface area contributed by atoms with Gasteiger partial charge in [-0.3, -0.25) is 0 Å². The number of nitrogens with one attached hydrogen (secondary N) is 1. The van der Waals surface area contributed by atoms with Crippen molar-refractivity contribution in [3.63, 3.8) is 0 Å². The van der Waals surface area contributed by atoms with Crippen molar-refractivity contribution in [2.24, 2.45) is 0 Å². The van der Waals surface area contributed by atoms with Gasteiger partial charge in [-0.25, -0.2) is 0 Å². The first-order valence-electron chi connectivity index (χ1n) is 4.63. The Kier molecular flexibility index (Phi) is 4.35. The van der Waals surface area contributed by atoms with E-state index in [1.54, 1.807) is 0 Å². The van der Waals surface area contributed by atoms with Gasteiger partial charge in [-0.05, 0) is 31.5 Å². The topological polar surface area (TPSA) is 12.0 Å². The second kappa shape index (κ2) is 5.57. The summed E-state index contributed by atoms with van der Waals surface area (Å²) in [6, 6.07) is 5.95. The molecule has 1 rings (SSSR count). The largest absolute Gasteiger partial charge is 0.383 e. The van der Waals surface area contributed by atoms with Crippen LogP contribution in [0, 0.1) is 18.8 Å². The number of hydrogen-bond donors (Lipinski definition) is 1.